The number of hydrogen-bond donors (Lipinski definition) is 2. The summed E-state index contributed by atoms with van der Waals surface area (Å²) in [5, 5.41) is 2.63. The molecule has 0 radical (unpaired) electrons. The van der Waals surface area contributed by atoms with E-state index in [4.69, 9.17) is 5.73 Å². The van der Waals surface area contributed by atoms with E-state index < -0.39 is 0 Å². The molecule has 0 aromatic heterocycles. The van der Waals surface area contributed by atoms with Gasteiger partial charge in [0.15, 0.2) is 0 Å². The van der Waals surface area contributed by atoms with Crippen LogP contribution in [0, 0.1) is 5.82 Å². The number of carbonyl (C=O) groups is 1. The molecule has 0 fully saturated rings. The van der Waals surface area contributed by atoms with Crippen LogP contribution in [0.5, 0.6) is 0 Å². The third-order valence-electron chi connectivity index (χ3n) is 2.53. The Balaban J connectivity index is 2.11. The first-order chi connectivity index (χ1) is 8.69. The smallest absolute Gasteiger partial charge is 0.255 e. The van der Waals surface area contributed by atoms with E-state index in [1.807, 2.05) is 0 Å². The Morgan fingerprint density at radius 1 is 1.17 bits per heavy atom. The first-order valence-corrected chi connectivity index (χ1v) is 5.55. The minimum Gasteiger partial charge on any atom is -0.326 e. The van der Waals surface area contributed by atoms with Crippen LogP contribution in [-0.2, 0) is 6.54 Å². The van der Waals surface area contributed by atoms with Crippen molar-refractivity contribution < 1.29 is 9.18 Å². The van der Waals surface area contributed by atoms with Gasteiger partial charge in [0.2, 0.25) is 0 Å². The zero-order valence-corrected chi connectivity index (χ0v) is 9.69. The highest BCUT2D eigenvalue weighted by atomic mass is 19.1. The van der Waals surface area contributed by atoms with Gasteiger partial charge in [-0.1, -0.05) is 18.2 Å². The van der Waals surface area contributed by atoms with Gasteiger partial charge in [0.1, 0.15) is 5.82 Å². The zero-order valence-electron chi connectivity index (χ0n) is 9.69. The molecule has 0 atom stereocenters. The van der Waals surface area contributed by atoms with Crippen molar-refractivity contribution in [1.29, 1.82) is 0 Å². The summed E-state index contributed by atoms with van der Waals surface area (Å²) in [5.41, 5.74) is 7.37. The van der Waals surface area contributed by atoms with Crippen LogP contribution in [0.25, 0.3) is 0 Å². The third kappa shape index (κ3) is 2.93. The lowest BCUT2D eigenvalue weighted by Crippen LogP contribution is -2.12. The predicted octanol–water partition coefficient (Wildman–Crippen LogP) is 2.54. The highest BCUT2D eigenvalue weighted by Crippen LogP contribution is 2.11. The average Bonchev–Trinajstić information content (AvgIpc) is 2.39. The zero-order chi connectivity index (χ0) is 13.0. The monoisotopic (exact) mass is 244 g/mol. The molecule has 0 aliphatic rings. The van der Waals surface area contributed by atoms with Crippen molar-refractivity contribution in [2.24, 2.45) is 5.73 Å². The van der Waals surface area contributed by atoms with Gasteiger partial charge >= 0.3 is 0 Å². The molecule has 0 aliphatic heterocycles. The summed E-state index contributed by atoms with van der Waals surface area (Å²) in [4.78, 5) is 11.9. The van der Waals surface area contributed by atoms with Crippen molar-refractivity contribution in [1.82, 2.24) is 0 Å². The van der Waals surface area contributed by atoms with Crippen molar-refractivity contribution in [2.75, 3.05) is 5.32 Å². The van der Waals surface area contributed by atoms with Crippen LogP contribution in [0.3, 0.4) is 0 Å². The number of halogens is 1. The molecule has 0 unspecified atom stereocenters. The lowest BCUT2D eigenvalue weighted by atomic mass is 10.1. The van der Waals surface area contributed by atoms with E-state index in [1.54, 1.807) is 36.4 Å². The Kier molecular flexibility index (Phi) is 3.69. The minimum absolute atomic E-state index is 0.274. The molecule has 3 nitrogen and oxygen atoms in total. The molecule has 2 rings (SSSR count). The maximum atomic E-state index is 13.0. The van der Waals surface area contributed by atoms with Crippen LogP contribution in [-0.4, -0.2) is 5.91 Å². The van der Waals surface area contributed by atoms with Gasteiger partial charge in [-0.05, 0) is 35.9 Å². The molecule has 4 heteroatoms. The summed E-state index contributed by atoms with van der Waals surface area (Å²) in [6.45, 7) is 0.436. The molecule has 0 saturated heterocycles. The summed E-state index contributed by atoms with van der Waals surface area (Å²) < 4.78 is 13.0. The van der Waals surface area contributed by atoms with E-state index in [0.717, 1.165) is 5.56 Å². The Labute approximate surface area is 104 Å². The van der Waals surface area contributed by atoms with Gasteiger partial charge < -0.3 is 11.1 Å². The van der Waals surface area contributed by atoms with Crippen LogP contribution in [0.1, 0.15) is 15.9 Å². The fraction of sp³-hybridized carbons (Fsp3) is 0.0714. The quantitative estimate of drug-likeness (QED) is 0.871. The van der Waals surface area contributed by atoms with Crippen LogP contribution >= 0.6 is 0 Å². The summed E-state index contributed by atoms with van der Waals surface area (Å²) in [5.74, 6) is -0.657. The van der Waals surface area contributed by atoms with E-state index in [1.165, 1.54) is 12.1 Å². The minimum atomic E-state index is -0.383. The number of nitrogens with one attached hydrogen (secondary N) is 1. The molecule has 0 saturated carbocycles. The summed E-state index contributed by atoms with van der Waals surface area (Å²) >= 11 is 0. The van der Waals surface area contributed by atoms with Gasteiger partial charge in [0.05, 0.1) is 0 Å². The number of hydrogen-bond acceptors (Lipinski definition) is 2. The number of nitrogens with two attached hydrogens (primary N) is 1. The second-order valence-corrected chi connectivity index (χ2v) is 3.87. The van der Waals surface area contributed by atoms with Gasteiger partial charge in [-0.3, -0.25) is 4.79 Å². The second-order valence-electron chi connectivity index (χ2n) is 3.87. The topological polar surface area (TPSA) is 55.1 Å². The fourth-order valence-corrected chi connectivity index (χ4v) is 1.56. The Hall–Kier alpha value is -2.20. The molecule has 0 heterocycles. The van der Waals surface area contributed by atoms with Crippen LogP contribution in [0.15, 0.2) is 48.5 Å². The van der Waals surface area contributed by atoms with Crippen molar-refractivity contribution in [3.63, 3.8) is 0 Å². The average molecular weight is 244 g/mol. The number of rotatable bonds is 3. The molecule has 2 aromatic rings. The van der Waals surface area contributed by atoms with E-state index in [9.17, 15) is 9.18 Å². The number of anilines is 1. The van der Waals surface area contributed by atoms with Crippen LogP contribution < -0.4 is 11.1 Å². The lowest BCUT2D eigenvalue weighted by molar-refractivity contribution is 0.102. The summed E-state index contributed by atoms with van der Waals surface area (Å²) in [7, 11) is 0. The van der Waals surface area contributed by atoms with Crippen LogP contribution in [0.2, 0.25) is 0 Å². The van der Waals surface area contributed by atoms with E-state index in [0.29, 0.717) is 17.8 Å². The van der Waals surface area contributed by atoms with Crippen molar-refractivity contribution in [3.8, 4) is 0 Å². The number of carbonyl (C=O) groups excluding carboxylic acids is 1. The molecule has 0 aliphatic carbocycles. The molecule has 18 heavy (non-hydrogen) atoms. The highest BCUT2D eigenvalue weighted by Gasteiger charge is 2.06. The summed E-state index contributed by atoms with van der Waals surface area (Å²) in [6, 6.07) is 12.7. The molecule has 0 spiro atoms. The first kappa shape index (κ1) is 12.3. The van der Waals surface area contributed by atoms with Crippen molar-refractivity contribution >= 4 is 11.6 Å². The third-order valence-corrected chi connectivity index (χ3v) is 2.53. The van der Waals surface area contributed by atoms with Gasteiger partial charge in [0.25, 0.3) is 5.91 Å². The standard InChI is InChI=1S/C14H13FN2O/c15-12-2-1-3-13(8-12)17-14(18)11-6-4-10(9-16)5-7-11/h1-8H,9,16H2,(H,17,18). The molecule has 2 aromatic carbocycles. The lowest BCUT2D eigenvalue weighted by Gasteiger charge is -2.05. The SMILES string of the molecule is NCc1ccc(C(=O)Nc2cccc(F)c2)cc1. The molecular weight excluding hydrogens is 231 g/mol. The molecule has 1 amide bonds. The van der Waals surface area contributed by atoms with Gasteiger partial charge in [-0.15, -0.1) is 0 Å². The van der Waals surface area contributed by atoms with E-state index in [-0.39, 0.29) is 11.7 Å². The molecule has 92 valence electrons. The Bertz CT molecular complexity index is 552. The Morgan fingerprint density at radius 3 is 2.50 bits per heavy atom. The van der Waals surface area contributed by atoms with Crippen molar-refractivity contribution in [2.45, 2.75) is 6.54 Å². The van der Waals surface area contributed by atoms with Gasteiger partial charge in [-0.2, -0.15) is 0 Å². The van der Waals surface area contributed by atoms with Crippen molar-refractivity contribution in [3.05, 3.63) is 65.5 Å². The second kappa shape index (κ2) is 5.42. The van der Waals surface area contributed by atoms with Gasteiger partial charge in [0, 0.05) is 17.8 Å². The maximum Gasteiger partial charge on any atom is 0.255 e. The normalized spacial score (nSPS) is 10.1. The van der Waals surface area contributed by atoms with E-state index >= 15 is 0 Å². The first-order valence-electron chi connectivity index (χ1n) is 5.55. The largest absolute Gasteiger partial charge is 0.326 e. The van der Waals surface area contributed by atoms with E-state index in [2.05, 4.69) is 5.32 Å². The summed E-state index contributed by atoms with van der Waals surface area (Å²) in [6.07, 6.45) is 0. The molecule has 0 bridgehead atoms. The van der Waals surface area contributed by atoms with Gasteiger partial charge in [-0.25, -0.2) is 4.39 Å². The number of amides is 1. The maximum absolute atomic E-state index is 13.0. The fourth-order valence-electron chi connectivity index (χ4n) is 1.56. The van der Waals surface area contributed by atoms with Crippen LogP contribution in [0.4, 0.5) is 10.1 Å². The highest BCUT2D eigenvalue weighted by molar-refractivity contribution is 6.04. The Morgan fingerprint density at radius 2 is 1.89 bits per heavy atom. The number of benzene rings is 2. The molecular formula is C14H13FN2O. The predicted molar refractivity (Wildman–Crippen MR) is 68.7 cm³/mol. The molecule has 3 N–H and O–H groups in total.